The molecule has 5 N–H and O–H groups in total. The summed E-state index contributed by atoms with van der Waals surface area (Å²) in [7, 11) is 0. The van der Waals surface area contributed by atoms with Crippen LogP contribution in [0, 0.1) is 76.9 Å². The summed E-state index contributed by atoms with van der Waals surface area (Å²) in [5.41, 5.74) is 6.83. The summed E-state index contributed by atoms with van der Waals surface area (Å²) >= 11 is 5.91. The zero-order valence-electron chi connectivity index (χ0n) is 106. The van der Waals surface area contributed by atoms with E-state index in [1.54, 1.807) is 108 Å². The summed E-state index contributed by atoms with van der Waals surface area (Å²) in [5.74, 6) is 10.8. The van der Waals surface area contributed by atoms with E-state index < -0.39 is 0 Å². The molecule has 0 bridgehead atoms. The highest BCUT2D eigenvalue weighted by molar-refractivity contribution is 7.07. The predicted octanol–water partition coefficient (Wildman–Crippen LogP) is 39.4. The second kappa shape index (κ2) is 257. The van der Waals surface area contributed by atoms with Crippen molar-refractivity contribution in [3.63, 3.8) is 0 Å². The van der Waals surface area contributed by atoms with Gasteiger partial charge >= 0.3 is 0 Å². The number of oxazole rings is 1. The van der Waals surface area contributed by atoms with E-state index in [0.717, 1.165) is 76.9 Å². The molecule has 858 valence electrons. The molecule has 13 aromatic rings. The van der Waals surface area contributed by atoms with Crippen molar-refractivity contribution in [2.24, 2.45) is 76.9 Å². The maximum atomic E-state index is 4.47. The van der Waals surface area contributed by atoms with Gasteiger partial charge in [-0.15, -0.1) is 53.3 Å². The molecule has 0 atom stereocenters. The molecule has 0 aliphatic carbocycles. The number of thiazole rings is 1. The van der Waals surface area contributed by atoms with E-state index in [4.69, 9.17) is 0 Å². The number of tetrazole rings is 1. The first kappa shape index (κ1) is 203. The van der Waals surface area contributed by atoms with Crippen LogP contribution in [0.2, 0.25) is 0 Å². The van der Waals surface area contributed by atoms with Crippen molar-refractivity contribution < 1.29 is 17.9 Å². The normalized spacial score (nSPS) is 7.45. The molecule has 0 amide bonds. The zero-order chi connectivity index (χ0) is 118. The molecule has 0 aliphatic heterocycles. The van der Waals surface area contributed by atoms with Gasteiger partial charge in [-0.2, -0.15) is 35.2 Å². The van der Waals surface area contributed by atoms with Crippen LogP contribution < -0.4 is 0 Å². The van der Waals surface area contributed by atoms with Gasteiger partial charge in [0.15, 0.2) is 19.0 Å². The van der Waals surface area contributed by atoms with Crippen LogP contribution in [0.4, 0.5) is 0 Å². The summed E-state index contributed by atoms with van der Waals surface area (Å²) in [6.07, 6.45) is 33.7. The van der Waals surface area contributed by atoms with Gasteiger partial charge in [-0.3, -0.25) is 15.2 Å². The van der Waals surface area contributed by atoms with Crippen LogP contribution in [0.25, 0.3) is 0 Å². The summed E-state index contributed by atoms with van der Waals surface area (Å²) in [5, 5.41) is 57.7. The average Bonchev–Trinajstić information content (AvgIpc) is 2.11. The van der Waals surface area contributed by atoms with E-state index in [1.165, 1.54) is 104 Å². The Morgan fingerprint density at radius 1 is 0.224 bits per heavy atom. The first-order valence-corrected chi connectivity index (χ1v) is 55.8. The van der Waals surface area contributed by atoms with Crippen molar-refractivity contribution in [2.45, 2.75) is 450 Å². The van der Waals surface area contributed by atoms with Crippen molar-refractivity contribution >= 4 is 45.7 Å². The minimum atomic E-state index is 0.833. The molecule has 143 heavy (non-hydrogen) atoms. The lowest BCUT2D eigenvalue weighted by Gasteiger charge is -1.79. The number of imidazole rings is 1. The number of hydrogen-bond acceptors (Lipinski definition) is 29. The number of nitrogens with one attached hydrogen (secondary N) is 5. The minimum absolute atomic E-state index is 0.833. The Bertz CT molecular complexity index is 2010. The maximum Gasteiger partial charge on any atom is 0.213 e. The topological polar surface area (TPSA) is 402 Å². The molecule has 0 aromatic carbocycles. The Labute approximate surface area is 904 Å². The Morgan fingerprint density at radius 3 is 0.727 bits per heavy atom. The SMILES string of the molecule is CC.CC.CC.CC.CC.CC.CC.CC.CC.CC.CC.CC.CC.CC(C)C.CC(C)C.CC(C)C.CC(C)C.CC(C)C.CC(C)C.CC(C)C.CC(C)C.CC(C)C.CC(C)C.CC(C)C.CC(C)C.CC(C)C.c1c[nH]cn1.c1cn[nH]c1.c1cn[nH]n1.c1cnoc1.c1cnsc1.c1cocn1.c1cscn1.c1nc[nH]n1.c1ncon1.c1ncsn1.c1nn[nH]n1.c1nnco1.c1nncs1. The summed E-state index contributed by atoms with van der Waals surface area (Å²) in [4.78, 5) is 24.3. The van der Waals surface area contributed by atoms with Crippen LogP contribution in [0.5, 0.6) is 0 Å². The van der Waals surface area contributed by atoms with Crippen LogP contribution in [0.1, 0.15) is 450 Å². The van der Waals surface area contributed by atoms with Crippen LogP contribution in [-0.4, -0.2) is 131 Å². The summed E-state index contributed by atoms with van der Waals surface area (Å²) in [6.45, 7) is 137. The smallest absolute Gasteiger partial charge is 0.213 e. The van der Waals surface area contributed by atoms with E-state index in [2.05, 4.69) is 419 Å². The van der Waals surface area contributed by atoms with E-state index in [1.807, 2.05) is 203 Å². The fraction of sp³-hybridized carbons (Fsp3) is 0.716. The van der Waals surface area contributed by atoms with Gasteiger partial charge in [0.25, 0.3) is 0 Å². The minimum Gasteiger partial charge on any atom is -0.452 e. The monoisotopic (exact) mass is 2110 g/mol. The van der Waals surface area contributed by atoms with Gasteiger partial charge in [0.05, 0.1) is 36.6 Å². The maximum absolute atomic E-state index is 4.47. The molecule has 0 fully saturated rings. The highest BCUT2D eigenvalue weighted by atomic mass is 32.1. The van der Waals surface area contributed by atoms with E-state index in [-0.39, 0.29) is 0 Å². The molecule has 30 nitrogen and oxygen atoms in total. The van der Waals surface area contributed by atoms with E-state index in [0.29, 0.717) is 0 Å². The molecule has 13 aromatic heterocycles. The lowest BCUT2D eigenvalue weighted by molar-refractivity contribution is 0.416. The Hall–Kier alpha value is -9.15. The molecule has 0 saturated carbocycles. The van der Waals surface area contributed by atoms with E-state index >= 15 is 0 Å². The zero-order valence-corrected chi connectivity index (χ0v) is 109. The molecular weight excluding hydrogens is 1870 g/mol. The third-order valence-corrected chi connectivity index (χ3v) is 6.17. The van der Waals surface area contributed by atoms with Crippen molar-refractivity contribution in [1.82, 2.24) is 131 Å². The van der Waals surface area contributed by atoms with Gasteiger partial charge in [-0.1, -0.05) is 466 Å². The van der Waals surface area contributed by atoms with Gasteiger partial charge < -0.3 is 22.9 Å². The van der Waals surface area contributed by atoms with Crippen molar-refractivity contribution in [3.05, 3.63) is 189 Å². The van der Waals surface area contributed by atoms with Crippen molar-refractivity contribution in [2.75, 3.05) is 0 Å². The second-order valence-electron chi connectivity index (χ2n) is 31.0. The van der Waals surface area contributed by atoms with Crippen LogP contribution in [0.3, 0.4) is 0 Å². The van der Waals surface area contributed by atoms with Gasteiger partial charge in [0.1, 0.15) is 48.0 Å². The molecule has 13 heterocycles. The third-order valence-electron chi connectivity index (χ3n) is 4.26. The number of nitrogens with zero attached hydrogens (tertiary/aromatic N) is 21. The van der Waals surface area contributed by atoms with Crippen LogP contribution in [-0.2, 0) is 0 Å². The summed E-state index contributed by atoms with van der Waals surface area (Å²) in [6, 6.07) is 5.46. The third kappa shape index (κ3) is 729. The quantitative estimate of drug-likeness (QED) is 0.0941. The Balaban J connectivity index is -0.0000000411. The number of aromatic nitrogens is 26. The number of hydrogen-bond donors (Lipinski definition) is 5. The fourth-order valence-electron chi connectivity index (χ4n) is 2.14. The molecule has 0 unspecified atom stereocenters. The predicted molar refractivity (Wildman–Crippen MR) is 644 cm³/mol. The largest absolute Gasteiger partial charge is 0.452 e. The van der Waals surface area contributed by atoms with Crippen LogP contribution in [0.15, 0.2) is 207 Å². The standard InChI is InChI=1S/13C4H10.2C3H4N2.2C3H3NO.2C3H3NS.2C2H3N3.2C2H2N2O.2C2H2N2S.13C2H6.CH2N4/c13*1-4(2)3;1-2-5-3-4-1;1-2-4-5-3-1;1-2-5-3-4-1;1-2-4-5-3-1;1-2-5-3-4-1;1-2-4-5-3-1;1-3-2-5-4-1;1-2-4-5-3-1;1-3-4-2-5-1;1-3-2-5-4-1;1-3-4-2-5-1;1-3-2-5-4-1;13*1-2;1-2-4-5-3-1/h13*4H,1-3H3;2*1-3H,(H,4,5);4*1-3H;2*1-2H,(H,3,4,5);4*1-2H;13*1-2H3;1H,(H,2,3,4,5). The van der Waals surface area contributed by atoms with Gasteiger partial charge in [0.2, 0.25) is 19.2 Å². The highest BCUT2D eigenvalue weighted by Crippen LogP contribution is 1.89. The van der Waals surface area contributed by atoms with Crippen LogP contribution >= 0.6 is 45.7 Å². The fourth-order valence-corrected chi connectivity index (χ4v) is 3.39. The number of H-pyrrole nitrogens is 5. The first-order chi connectivity index (χ1) is 68.0. The molecule has 0 radical (unpaired) electrons. The van der Waals surface area contributed by atoms with Crippen molar-refractivity contribution in [3.8, 4) is 0 Å². The van der Waals surface area contributed by atoms with Crippen molar-refractivity contribution in [1.29, 1.82) is 0 Å². The lowest BCUT2D eigenvalue weighted by atomic mass is 10.3. The molecular formula is C109H244N26O4S4. The molecule has 0 spiro atoms. The van der Waals surface area contributed by atoms with Gasteiger partial charge in [-0.25, -0.2) is 29.3 Å². The Kier molecular flexibility index (Phi) is 365. The molecule has 34 heteroatoms. The van der Waals surface area contributed by atoms with E-state index in [9.17, 15) is 0 Å². The molecule has 13 rings (SSSR count). The lowest BCUT2D eigenvalue weighted by Crippen LogP contribution is -1.66. The average molecular weight is 2110 g/mol. The molecule has 0 aliphatic rings. The number of rotatable bonds is 0. The van der Waals surface area contributed by atoms with Gasteiger partial charge in [0, 0.05) is 47.9 Å². The van der Waals surface area contributed by atoms with Gasteiger partial charge in [-0.05, 0) is 118 Å². The number of aromatic amines is 5. The highest BCUT2D eigenvalue weighted by Gasteiger charge is 1.75. The molecule has 0 saturated heterocycles. The second-order valence-corrected chi connectivity index (χ2v) is 33.7. The summed E-state index contributed by atoms with van der Waals surface area (Å²) < 4.78 is 24.8. The first-order valence-electron chi connectivity index (χ1n) is 52.2. The Morgan fingerprint density at radius 2 is 0.636 bits per heavy atom.